The first kappa shape index (κ1) is 11.3. The van der Waals surface area contributed by atoms with Gasteiger partial charge in [-0.25, -0.2) is 4.79 Å². The molecule has 4 aliphatic rings. The average Bonchev–Trinajstić information content (AvgIpc) is 3.21. The van der Waals surface area contributed by atoms with Gasteiger partial charge in [0.25, 0.3) is 0 Å². The maximum absolute atomic E-state index is 12.2. The molecule has 0 radical (unpaired) electrons. The third kappa shape index (κ3) is 1.19. The summed E-state index contributed by atoms with van der Waals surface area (Å²) in [7, 11) is 0. The van der Waals surface area contributed by atoms with Crippen LogP contribution in [0.2, 0.25) is 0 Å². The van der Waals surface area contributed by atoms with E-state index in [1.54, 1.807) is 6.26 Å². The lowest BCUT2D eigenvalue weighted by Crippen LogP contribution is -2.24. The van der Waals surface area contributed by atoms with Crippen LogP contribution in [-0.2, 0) is 25.4 Å². The molecule has 0 aromatic carbocycles. The quantitative estimate of drug-likeness (QED) is 0.534. The zero-order valence-corrected chi connectivity index (χ0v) is 11.5. The highest BCUT2D eigenvalue weighted by molar-refractivity contribution is 5.87. The summed E-state index contributed by atoms with van der Waals surface area (Å²) in [5.74, 6) is 0.654. The highest BCUT2D eigenvalue weighted by atomic mass is 16.7. The monoisotopic (exact) mass is 276 g/mol. The molecule has 1 aromatic heterocycles. The minimum Gasteiger partial charge on any atom is -0.469 e. The number of ether oxygens (including phenoxy) is 3. The van der Waals surface area contributed by atoms with Crippen LogP contribution >= 0.6 is 0 Å². The normalized spacial score (nSPS) is 47.9. The van der Waals surface area contributed by atoms with E-state index in [1.165, 1.54) is 0 Å². The zero-order valence-electron chi connectivity index (χ0n) is 11.5. The van der Waals surface area contributed by atoms with Crippen LogP contribution in [-0.4, -0.2) is 29.4 Å². The summed E-state index contributed by atoms with van der Waals surface area (Å²) < 4.78 is 22.9. The van der Waals surface area contributed by atoms with Crippen molar-refractivity contribution in [2.45, 2.75) is 62.6 Å². The fraction of sp³-hybridized carbons (Fsp3) is 0.667. The summed E-state index contributed by atoms with van der Waals surface area (Å²) in [6, 6.07) is 0. The Morgan fingerprint density at radius 2 is 2.20 bits per heavy atom. The van der Waals surface area contributed by atoms with Gasteiger partial charge in [-0.2, -0.15) is 0 Å². The molecule has 3 saturated heterocycles. The van der Waals surface area contributed by atoms with Crippen LogP contribution in [0.15, 0.2) is 10.7 Å². The lowest BCUT2D eigenvalue weighted by Gasteiger charge is -2.14. The van der Waals surface area contributed by atoms with Gasteiger partial charge >= 0.3 is 5.97 Å². The number of esters is 1. The molecular weight excluding hydrogens is 260 g/mol. The van der Waals surface area contributed by atoms with Gasteiger partial charge in [-0.05, 0) is 32.3 Å². The van der Waals surface area contributed by atoms with Crippen molar-refractivity contribution in [2.75, 3.05) is 0 Å². The van der Waals surface area contributed by atoms with Gasteiger partial charge in [0, 0.05) is 12.0 Å². The highest BCUT2D eigenvalue weighted by Gasteiger charge is 2.74. The van der Waals surface area contributed by atoms with E-state index < -0.39 is 5.60 Å². The van der Waals surface area contributed by atoms with E-state index >= 15 is 0 Å². The van der Waals surface area contributed by atoms with Gasteiger partial charge in [0.1, 0.15) is 11.9 Å². The SMILES string of the molecule is Cc1coc2c1[C@H]1OC(=O)[C@]3(CC[C@@H]4O[C@@]4(C)C2)O[C@H]13. The minimum absolute atomic E-state index is 0.145. The highest BCUT2D eigenvalue weighted by Crippen LogP contribution is 2.59. The molecule has 20 heavy (non-hydrogen) atoms. The van der Waals surface area contributed by atoms with E-state index in [-0.39, 0.29) is 29.9 Å². The average molecular weight is 276 g/mol. The Balaban J connectivity index is 1.65. The van der Waals surface area contributed by atoms with Crippen molar-refractivity contribution in [1.82, 2.24) is 0 Å². The smallest absolute Gasteiger partial charge is 0.342 e. The van der Waals surface area contributed by atoms with Crippen LogP contribution in [0.4, 0.5) is 0 Å². The topological polar surface area (TPSA) is 64.5 Å². The molecule has 1 aromatic rings. The molecular formula is C15H16O5. The predicted octanol–water partition coefficient (Wildman–Crippen LogP) is 1.82. The second-order valence-corrected chi connectivity index (χ2v) is 6.64. The number of carbonyl (C=O) groups is 1. The first-order valence-electron chi connectivity index (χ1n) is 7.17. The van der Waals surface area contributed by atoms with Gasteiger partial charge < -0.3 is 18.6 Å². The Morgan fingerprint density at radius 3 is 3.00 bits per heavy atom. The summed E-state index contributed by atoms with van der Waals surface area (Å²) in [5.41, 5.74) is 1.13. The number of epoxide rings is 2. The molecule has 0 amide bonds. The lowest BCUT2D eigenvalue weighted by atomic mass is 9.88. The van der Waals surface area contributed by atoms with Crippen molar-refractivity contribution in [3.05, 3.63) is 23.2 Å². The van der Waals surface area contributed by atoms with Gasteiger partial charge in [-0.15, -0.1) is 0 Å². The van der Waals surface area contributed by atoms with E-state index in [9.17, 15) is 4.79 Å². The van der Waals surface area contributed by atoms with Gasteiger partial charge in [-0.1, -0.05) is 0 Å². The number of hydrogen-bond acceptors (Lipinski definition) is 5. The maximum Gasteiger partial charge on any atom is 0.342 e. The van der Waals surface area contributed by atoms with Crippen LogP contribution in [0.25, 0.3) is 0 Å². The fourth-order valence-electron chi connectivity index (χ4n) is 3.95. The number of hydrogen-bond donors (Lipinski definition) is 0. The Hall–Kier alpha value is -1.33. The standard InChI is InChI=1S/C15H16O5/c1-7-6-17-8-5-14(2)9(19-14)3-4-15-12(20-15)11(10(7)8)18-13(15)16/h6,9,11-12H,3-5H2,1-2H3/t9-,11+,12+,14-,15+/m0/s1. The van der Waals surface area contributed by atoms with Crippen molar-refractivity contribution >= 4 is 5.97 Å². The van der Waals surface area contributed by atoms with E-state index in [0.29, 0.717) is 6.42 Å². The molecule has 1 aliphatic carbocycles. The summed E-state index contributed by atoms with van der Waals surface area (Å²) in [6.45, 7) is 4.09. The third-order valence-corrected chi connectivity index (χ3v) is 5.31. The van der Waals surface area contributed by atoms with Crippen molar-refractivity contribution < 1.29 is 23.4 Å². The molecule has 5 nitrogen and oxygen atoms in total. The molecule has 106 valence electrons. The molecule has 5 atom stereocenters. The van der Waals surface area contributed by atoms with Crippen LogP contribution in [0.3, 0.4) is 0 Å². The Morgan fingerprint density at radius 1 is 1.35 bits per heavy atom. The largest absolute Gasteiger partial charge is 0.469 e. The molecule has 4 heterocycles. The molecule has 0 saturated carbocycles. The van der Waals surface area contributed by atoms with Crippen molar-refractivity contribution in [1.29, 1.82) is 0 Å². The predicted molar refractivity (Wildman–Crippen MR) is 66.1 cm³/mol. The number of carbonyl (C=O) groups excluding carboxylic acids is 1. The Bertz CT molecular complexity index is 634. The van der Waals surface area contributed by atoms with Crippen LogP contribution in [0, 0.1) is 6.92 Å². The molecule has 5 rings (SSSR count). The maximum atomic E-state index is 12.2. The molecule has 0 unspecified atom stereocenters. The fourth-order valence-corrected chi connectivity index (χ4v) is 3.95. The van der Waals surface area contributed by atoms with Crippen LogP contribution in [0.1, 0.15) is 42.8 Å². The van der Waals surface area contributed by atoms with Gasteiger partial charge in [0.2, 0.25) is 0 Å². The van der Waals surface area contributed by atoms with Crippen molar-refractivity contribution in [3.8, 4) is 0 Å². The van der Waals surface area contributed by atoms with Crippen LogP contribution < -0.4 is 0 Å². The molecule has 2 bridgehead atoms. The summed E-state index contributed by atoms with van der Waals surface area (Å²) in [4.78, 5) is 12.2. The van der Waals surface area contributed by atoms with Gasteiger partial charge in [0.05, 0.1) is 18.0 Å². The van der Waals surface area contributed by atoms with Crippen LogP contribution in [0.5, 0.6) is 0 Å². The number of rotatable bonds is 0. The molecule has 0 spiro atoms. The zero-order chi connectivity index (χ0) is 13.7. The van der Waals surface area contributed by atoms with Gasteiger partial charge in [-0.3, -0.25) is 0 Å². The van der Waals surface area contributed by atoms with E-state index in [0.717, 1.165) is 29.7 Å². The lowest BCUT2D eigenvalue weighted by molar-refractivity contribution is -0.154. The second kappa shape index (κ2) is 3.12. The molecule has 5 heteroatoms. The van der Waals surface area contributed by atoms with Gasteiger partial charge in [0.15, 0.2) is 11.7 Å². The van der Waals surface area contributed by atoms with Crippen molar-refractivity contribution in [3.63, 3.8) is 0 Å². The number of furan rings is 1. The van der Waals surface area contributed by atoms with Crippen molar-refractivity contribution in [2.24, 2.45) is 0 Å². The van der Waals surface area contributed by atoms with E-state index in [2.05, 4.69) is 6.92 Å². The molecule has 3 fully saturated rings. The summed E-state index contributed by atoms with van der Waals surface area (Å²) >= 11 is 0. The summed E-state index contributed by atoms with van der Waals surface area (Å²) in [5, 5.41) is 0. The first-order valence-corrected chi connectivity index (χ1v) is 7.17. The first-order chi connectivity index (χ1) is 9.53. The van der Waals surface area contributed by atoms with E-state index in [1.807, 2.05) is 6.92 Å². The second-order valence-electron chi connectivity index (χ2n) is 6.64. The summed E-state index contributed by atoms with van der Waals surface area (Å²) in [6.07, 6.45) is 3.73. The Kier molecular flexibility index (Phi) is 1.77. The third-order valence-electron chi connectivity index (χ3n) is 5.31. The Labute approximate surface area is 116 Å². The number of aryl methyl sites for hydroxylation is 1. The molecule has 3 aliphatic heterocycles. The minimum atomic E-state index is -0.712. The van der Waals surface area contributed by atoms with E-state index in [4.69, 9.17) is 18.6 Å². The molecule has 0 N–H and O–H groups in total. The number of fused-ring (bicyclic) bond motifs is 3.